The Morgan fingerprint density at radius 1 is 1.21 bits per heavy atom. The molecule has 1 aromatic rings. The summed E-state index contributed by atoms with van der Waals surface area (Å²) in [6.07, 6.45) is -0.259. The molecular weight excluding hydrogens is 196 g/mol. The minimum absolute atomic E-state index is 0.259. The summed E-state index contributed by atoms with van der Waals surface area (Å²) in [5, 5.41) is 8.38. The molecule has 0 saturated heterocycles. The molecule has 0 aliphatic heterocycles. The van der Waals surface area contributed by atoms with Crippen LogP contribution in [0.1, 0.15) is 5.56 Å². The van der Waals surface area contributed by atoms with Gasteiger partial charge in [0.05, 0.1) is 6.42 Å². The first-order valence-electron chi connectivity index (χ1n) is 3.90. The lowest BCUT2D eigenvalue weighted by Gasteiger charge is -2.14. The average Bonchev–Trinajstić information content (AvgIpc) is 2.02. The highest BCUT2D eigenvalue weighted by Gasteiger charge is 2.24. The third kappa shape index (κ3) is 2.79. The Balaban J connectivity index is 2.84. The Labute approximate surface area is 78.4 Å². The van der Waals surface area contributed by atoms with Gasteiger partial charge in [0.15, 0.2) is 0 Å². The molecular formula is C8H7BF3O2-. The highest BCUT2D eigenvalue weighted by molar-refractivity contribution is 6.73. The molecule has 0 aliphatic carbocycles. The van der Waals surface area contributed by atoms with Crippen molar-refractivity contribution in [3.05, 3.63) is 29.8 Å². The highest BCUT2D eigenvalue weighted by Crippen LogP contribution is 2.09. The summed E-state index contributed by atoms with van der Waals surface area (Å²) in [5.74, 6) is -1.06. The molecule has 0 saturated carbocycles. The quantitative estimate of drug-likeness (QED) is 0.753. The van der Waals surface area contributed by atoms with Gasteiger partial charge in [-0.25, -0.2) is 0 Å². The van der Waals surface area contributed by atoms with E-state index in [1.54, 1.807) is 0 Å². The van der Waals surface area contributed by atoms with Gasteiger partial charge >= 0.3 is 12.9 Å². The second-order valence-corrected chi connectivity index (χ2v) is 2.89. The van der Waals surface area contributed by atoms with Crippen molar-refractivity contribution < 1.29 is 22.8 Å². The molecule has 0 aliphatic rings. The molecule has 1 aromatic carbocycles. The van der Waals surface area contributed by atoms with Crippen molar-refractivity contribution in [2.24, 2.45) is 0 Å². The van der Waals surface area contributed by atoms with Gasteiger partial charge in [0.1, 0.15) is 0 Å². The topological polar surface area (TPSA) is 37.3 Å². The summed E-state index contributed by atoms with van der Waals surface area (Å²) in [6.45, 7) is -4.99. The van der Waals surface area contributed by atoms with Crippen LogP contribution < -0.4 is 5.46 Å². The SMILES string of the molecule is O=C(O)Cc1ccc([B-](F)(F)F)cc1. The van der Waals surface area contributed by atoms with Crippen molar-refractivity contribution in [2.75, 3.05) is 0 Å². The number of halogens is 3. The van der Waals surface area contributed by atoms with Crippen LogP contribution in [0.3, 0.4) is 0 Å². The third-order valence-corrected chi connectivity index (χ3v) is 1.71. The van der Waals surface area contributed by atoms with E-state index in [4.69, 9.17) is 5.11 Å². The molecule has 0 fully saturated rings. The standard InChI is InChI=1S/C8H7BF3O2/c10-9(11,12)7-3-1-6(2-4-7)5-8(13)14/h1-4H,5H2,(H,13,14)/q-1. The Morgan fingerprint density at radius 3 is 2.07 bits per heavy atom. The first kappa shape index (κ1) is 10.6. The molecule has 1 rings (SSSR count). The smallest absolute Gasteiger partial charge is 0.481 e. The molecule has 0 amide bonds. The van der Waals surface area contributed by atoms with Crippen molar-refractivity contribution in [1.82, 2.24) is 0 Å². The number of carboxylic acids is 1. The van der Waals surface area contributed by atoms with Crippen LogP contribution in [0.15, 0.2) is 24.3 Å². The van der Waals surface area contributed by atoms with E-state index >= 15 is 0 Å². The maximum Gasteiger partial charge on any atom is 0.509 e. The van der Waals surface area contributed by atoms with Gasteiger partial charge in [-0.3, -0.25) is 4.79 Å². The second-order valence-electron chi connectivity index (χ2n) is 2.89. The Bertz CT molecular complexity index is 331. The molecule has 2 nitrogen and oxygen atoms in total. The van der Waals surface area contributed by atoms with Gasteiger partial charge in [-0.2, -0.15) is 0 Å². The maximum absolute atomic E-state index is 12.1. The van der Waals surface area contributed by atoms with Gasteiger partial charge in [0.25, 0.3) is 0 Å². The lowest BCUT2D eigenvalue weighted by Crippen LogP contribution is -2.33. The molecule has 0 heterocycles. The molecule has 14 heavy (non-hydrogen) atoms. The second kappa shape index (κ2) is 3.73. The number of aliphatic carboxylic acids is 1. The van der Waals surface area contributed by atoms with Gasteiger partial charge in [-0.15, -0.1) is 5.46 Å². The lowest BCUT2D eigenvalue weighted by molar-refractivity contribution is -0.136. The van der Waals surface area contributed by atoms with Gasteiger partial charge < -0.3 is 18.1 Å². The van der Waals surface area contributed by atoms with E-state index < -0.39 is 18.4 Å². The fraction of sp³-hybridized carbons (Fsp3) is 0.125. The van der Waals surface area contributed by atoms with E-state index in [1.807, 2.05) is 0 Å². The van der Waals surface area contributed by atoms with Gasteiger partial charge in [-0.1, -0.05) is 24.3 Å². The summed E-state index contributed by atoms with van der Waals surface area (Å²) >= 11 is 0. The zero-order chi connectivity index (χ0) is 10.8. The molecule has 0 spiro atoms. The molecule has 0 aromatic heterocycles. The van der Waals surface area contributed by atoms with E-state index in [-0.39, 0.29) is 6.42 Å². The lowest BCUT2D eigenvalue weighted by atomic mass is 9.80. The first-order chi connectivity index (χ1) is 6.39. The summed E-state index contributed by atoms with van der Waals surface area (Å²) in [5.41, 5.74) is -0.347. The van der Waals surface area contributed by atoms with Gasteiger partial charge in [0.2, 0.25) is 0 Å². The molecule has 0 atom stereocenters. The summed E-state index contributed by atoms with van der Waals surface area (Å²) in [6, 6.07) is 4.16. The van der Waals surface area contributed by atoms with Crippen molar-refractivity contribution >= 4 is 18.4 Å². The number of carbonyl (C=O) groups is 1. The minimum atomic E-state index is -4.99. The van der Waals surface area contributed by atoms with Crippen LogP contribution in [0.5, 0.6) is 0 Å². The normalized spacial score (nSPS) is 11.4. The summed E-state index contributed by atoms with van der Waals surface area (Å²) < 4.78 is 36.4. The average molecular weight is 203 g/mol. The van der Waals surface area contributed by atoms with Crippen LogP contribution in [-0.2, 0) is 11.2 Å². The highest BCUT2D eigenvalue weighted by atomic mass is 19.4. The molecule has 0 radical (unpaired) electrons. The van der Waals surface area contributed by atoms with Crippen LogP contribution >= 0.6 is 0 Å². The van der Waals surface area contributed by atoms with Crippen LogP contribution in [-0.4, -0.2) is 18.1 Å². The van der Waals surface area contributed by atoms with Gasteiger partial charge in [0, 0.05) is 0 Å². The predicted octanol–water partition coefficient (Wildman–Crippen LogP) is 1.37. The molecule has 0 bridgehead atoms. The molecule has 76 valence electrons. The van der Waals surface area contributed by atoms with Crippen molar-refractivity contribution in [3.8, 4) is 0 Å². The Kier molecular flexibility index (Phi) is 2.83. The van der Waals surface area contributed by atoms with E-state index in [0.717, 1.165) is 12.1 Å². The summed E-state index contributed by atoms with van der Waals surface area (Å²) in [4.78, 5) is 10.2. The minimum Gasteiger partial charge on any atom is -0.481 e. The van der Waals surface area contributed by atoms with Crippen LogP contribution in [0.2, 0.25) is 0 Å². The zero-order valence-corrected chi connectivity index (χ0v) is 7.08. The number of benzene rings is 1. The Morgan fingerprint density at radius 2 is 1.71 bits per heavy atom. The van der Waals surface area contributed by atoms with Crippen molar-refractivity contribution in [1.29, 1.82) is 0 Å². The fourth-order valence-electron chi connectivity index (χ4n) is 1.03. The monoisotopic (exact) mass is 203 g/mol. The summed E-state index contributed by atoms with van der Waals surface area (Å²) in [7, 11) is 0. The predicted molar refractivity (Wildman–Crippen MR) is 46.5 cm³/mol. The van der Waals surface area contributed by atoms with Crippen LogP contribution in [0.25, 0.3) is 0 Å². The Hall–Kier alpha value is -1.46. The largest absolute Gasteiger partial charge is 0.509 e. The van der Waals surface area contributed by atoms with E-state index in [1.165, 1.54) is 12.1 Å². The number of hydrogen-bond acceptors (Lipinski definition) is 1. The van der Waals surface area contributed by atoms with Crippen LogP contribution in [0.4, 0.5) is 12.9 Å². The third-order valence-electron chi connectivity index (χ3n) is 1.71. The molecule has 1 N–H and O–H groups in total. The number of hydrogen-bond donors (Lipinski definition) is 1. The zero-order valence-electron chi connectivity index (χ0n) is 7.08. The van der Waals surface area contributed by atoms with Crippen molar-refractivity contribution in [2.45, 2.75) is 6.42 Å². The molecule has 6 heteroatoms. The molecule has 0 unspecified atom stereocenters. The number of rotatable bonds is 3. The van der Waals surface area contributed by atoms with Crippen molar-refractivity contribution in [3.63, 3.8) is 0 Å². The van der Waals surface area contributed by atoms with Gasteiger partial charge in [-0.05, 0) is 5.56 Å². The van der Waals surface area contributed by atoms with E-state index in [9.17, 15) is 17.7 Å². The number of carboxylic acid groups (broad SMARTS) is 1. The van der Waals surface area contributed by atoms with Crippen LogP contribution in [0, 0.1) is 0 Å². The first-order valence-corrected chi connectivity index (χ1v) is 3.90. The fourth-order valence-corrected chi connectivity index (χ4v) is 1.03. The van der Waals surface area contributed by atoms with E-state index in [0.29, 0.717) is 5.56 Å². The maximum atomic E-state index is 12.1. The van der Waals surface area contributed by atoms with E-state index in [2.05, 4.69) is 0 Å².